The summed E-state index contributed by atoms with van der Waals surface area (Å²) < 4.78 is 14.4. The van der Waals surface area contributed by atoms with Gasteiger partial charge in [-0.3, -0.25) is 4.79 Å². The number of hydrogen-bond acceptors (Lipinski definition) is 3. The number of amides is 1. The quantitative estimate of drug-likeness (QED) is 0.878. The van der Waals surface area contributed by atoms with Crippen LogP contribution in [0.25, 0.3) is 10.1 Å². The number of hydrogen-bond donors (Lipinski definition) is 1. The first-order valence-corrected chi connectivity index (χ1v) is 8.59. The van der Waals surface area contributed by atoms with E-state index in [0.717, 1.165) is 46.5 Å². The van der Waals surface area contributed by atoms with Gasteiger partial charge in [0.25, 0.3) is 5.91 Å². The Balaban J connectivity index is 1.65. The summed E-state index contributed by atoms with van der Waals surface area (Å²) in [6, 6.07) is 4.96. The van der Waals surface area contributed by atoms with Crippen molar-refractivity contribution in [1.82, 2.24) is 4.90 Å². The lowest BCUT2D eigenvalue weighted by atomic mass is 9.98. The minimum atomic E-state index is -0.255. The van der Waals surface area contributed by atoms with Crippen LogP contribution in [-0.2, 0) is 0 Å². The molecule has 2 aromatic rings. The largest absolute Gasteiger partial charge is 0.337 e. The lowest BCUT2D eigenvalue weighted by Gasteiger charge is -2.18. The van der Waals surface area contributed by atoms with Gasteiger partial charge in [-0.25, -0.2) is 4.39 Å². The molecular formula is C17H19FN2OS. The van der Waals surface area contributed by atoms with Crippen LogP contribution in [0.3, 0.4) is 0 Å². The number of nitrogens with two attached hydrogens (primary N) is 1. The standard InChI is InChI=1S/C17H19FN2OS/c1-9-12-6-11(18)3-5-15(12)22-16(9)17(21)20-7-10-2-4-14(19)13(10)8-20/h3,5-6,10,13-14H,2,4,7-8,19H2,1H3. The van der Waals surface area contributed by atoms with Crippen molar-refractivity contribution in [3.63, 3.8) is 0 Å². The predicted molar refractivity (Wildman–Crippen MR) is 86.6 cm³/mol. The number of thiophene rings is 1. The van der Waals surface area contributed by atoms with E-state index in [1.807, 2.05) is 11.8 Å². The number of halogens is 1. The van der Waals surface area contributed by atoms with Crippen LogP contribution in [0, 0.1) is 24.6 Å². The molecule has 0 radical (unpaired) electrons. The highest BCUT2D eigenvalue weighted by atomic mass is 32.1. The first-order chi connectivity index (χ1) is 10.5. The van der Waals surface area contributed by atoms with Crippen molar-refractivity contribution in [2.24, 2.45) is 17.6 Å². The molecule has 0 bridgehead atoms. The number of carbonyl (C=O) groups excluding carboxylic acids is 1. The van der Waals surface area contributed by atoms with Gasteiger partial charge in [-0.15, -0.1) is 11.3 Å². The molecule has 1 aliphatic carbocycles. The fourth-order valence-electron chi connectivity index (χ4n) is 4.01. The molecule has 1 aromatic heterocycles. The molecule has 1 saturated heterocycles. The molecule has 2 heterocycles. The summed E-state index contributed by atoms with van der Waals surface area (Å²) in [6.45, 7) is 3.50. The summed E-state index contributed by atoms with van der Waals surface area (Å²) in [4.78, 5) is 15.6. The second-order valence-corrected chi connectivity index (χ2v) is 7.62. The van der Waals surface area contributed by atoms with Gasteiger partial charge >= 0.3 is 0 Å². The molecule has 1 saturated carbocycles. The molecule has 22 heavy (non-hydrogen) atoms. The van der Waals surface area contributed by atoms with Crippen molar-refractivity contribution < 1.29 is 9.18 Å². The van der Waals surface area contributed by atoms with Crippen molar-refractivity contribution in [2.45, 2.75) is 25.8 Å². The Morgan fingerprint density at radius 2 is 2.18 bits per heavy atom. The van der Waals surface area contributed by atoms with E-state index in [9.17, 15) is 9.18 Å². The Morgan fingerprint density at radius 3 is 2.95 bits per heavy atom. The molecule has 1 aromatic carbocycles. The summed E-state index contributed by atoms with van der Waals surface area (Å²) in [7, 11) is 0. The molecule has 3 nitrogen and oxygen atoms in total. The van der Waals surface area contributed by atoms with Gasteiger partial charge in [0.1, 0.15) is 5.82 Å². The van der Waals surface area contributed by atoms with Gasteiger partial charge in [0.15, 0.2) is 0 Å². The number of aryl methyl sites for hydroxylation is 1. The number of carbonyl (C=O) groups is 1. The topological polar surface area (TPSA) is 46.3 Å². The number of rotatable bonds is 1. The minimum absolute atomic E-state index is 0.0840. The van der Waals surface area contributed by atoms with Crippen molar-refractivity contribution in [3.8, 4) is 0 Å². The van der Waals surface area contributed by atoms with Crippen LogP contribution in [0.4, 0.5) is 4.39 Å². The monoisotopic (exact) mass is 318 g/mol. The fraction of sp³-hybridized carbons (Fsp3) is 0.471. The number of nitrogens with zero attached hydrogens (tertiary/aromatic N) is 1. The summed E-state index contributed by atoms with van der Waals surface area (Å²) >= 11 is 1.47. The van der Waals surface area contributed by atoms with Gasteiger partial charge in [0.2, 0.25) is 0 Å². The molecule has 2 N–H and O–H groups in total. The van der Waals surface area contributed by atoms with Crippen LogP contribution in [-0.4, -0.2) is 29.9 Å². The molecule has 3 unspecified atom stereocenters. The predicted octanol–water partition coefficient (Wildman–Crippen LogP) is 3.16. The zero-order valence-electron chi connectivity index (χ0n) is 12.5. The lowest BCUT2D eigenvalue weighted by Crippen LogP contribution is -2.33. The summed E-state index contributed by atoms with van der Waals surface area (Å²) in [5, 5.41) is 0.851. The third kappa shape index (κ3) is 2.07. The van der Waals surface area contributed by atoms with Crippen LogP contribution < -0.4 is 5.73 Å². The number of likely N-dealkylation sites (tertiary alicyclic amines) is 1. The molecule has 116 valence electrons. The Morgan fingerprint density at radius 1 is 1.36 bits per heavy atom. The second-order valence-electron chi connectivity index (χ2n) is 6.57. The van der Waals surface area contributed by atoms with Crippen LogP contribution in [0.5, 0.6) is 0 Å². The third-order valence-electron chi connectivity index (χ3n) is 5.29. The molecular weight excluding hydrogens is 299 g/mol. The summed E-state index contributed by atoms with van der Waals surface area (Å²) in [5.74, 6) is 0.844. The molecule has 1 amide bonds. The zero-order valence-corrected chi connectivity index (χ0v) is 13.3. The Labute approximate surface area is 132 Å². The molecule has 2 fully saturated rings. The first kappa shape index (κ1) is 14.2. The SMILES string of the molecule is Cc1c(C(=O)N2CC3CCC(N)C3C2)sc2ccc(F)cc12. The Bertz CT molecular complexity index is 756. The molecule has 2 aliphatic rings. The maximum atomic E-state index is 13.4. The Hall–Kier alpha value is -1.46. The smallest absolute Gasteiger partial charge is 0.264 e. The Kier molecular flexibility index (Phi) is 3.24. The minimum Gasteiger partial charge on any atom is -0.337 e. The number of fused-ring (bicyclic) bond motifs is 2. The van der Waals surface area contributed by atoms with Crippen LogP contribution in [0.2, 0.25) is 0 Å². The van der Waals surface area contributed by atoms with Gasteiger partial charge in [0.05, 0.1) is 4.88 Å². The fourth-order valence-corrected chi connectivity index (χ4v) is 5.17. The summed E-state index contributed by atoms with van der Waals surface area (Å²) in [5.41, 5.74) is 7.05. The van der Waals surface area contributed by atoms with Gasteiger partial charge in [-0.05, 0) is 60.7 Å². The lowest BCUT2D eigenvalue weighted by molar-refractivity contribution is 0.0784. The van der Waals surface area contributed by atoms with Crippen molar-refractivity contribution in [3.05, 3.63) is 34.5 Å². The summed E-state index contributed by atoms with van der Waals surface area (Å²) in [6.07, 6.45) is 2.21. The van der Waals surface area contributed by atoms with Crippen molar-refractivity contribution in [2.75, 3.05) is 13.1 Å². The average molecular weight is 318 g/mol. The van der Waals surface area contributed by atoms with Gasteiger partial charge in [-0.2, -0.15) is 0 Å². The first-order valence-electron chi connectivity index (χ1n) is 7.78. The number of benzene rings is 1. The van der Waals surface area contributed by atoms with Crippen LogP contribution in [0.1, 0.15) is 28.1 Å². The van der Waals surface area contributed by atoms with Crippen molar-refractivity contribution in [1.29, 1.82) is 0 Å². The van der Waals surface area contributed by atoms with E-state index in [2.05, 4.69) is 0 Å². The molecule has 0 spiro atoms. The maximum absolute atomic E-state index is 13.4. The zero-order chi connectivity index (χ0) is 15.4. The second kappa shape index (κ2) is 5.03. The molecule has 1 aliphatic heterocycles. The highest BCUT2D eigenvalue weighted by Crippen LogP contribution is 2.39. The molecule has 4 rings (SSSR count). The van der Waals surface area contributed by atoms with Gasteiger partial charge in [0, 0.05) is 23.8 Å². The van der Waals surface area contributed by atoms with Crippen LogP contribution in [0.15, 0.2) is 18.2 Å². The van der Waals surface area contributed by atoms with E-state index >= 15 is 0 Å². The van der Waals surface area contributed by atoms with E-state index < -0.39 is 0 Å². The van der Waals surface area contributed by atoms with Crippen LogP contribution >= 0.6 is 11.3 Å². The highest BCUT2D eigenvalue weighted by Gasteiger charge is 2.43. The van der Waals surface area contributed by atoms with E-state index in [1.165, 1.54) is 23.5 Å². The highest BCUT2D eigenvalue weighted by molar-refractivity contribution is 7.21. The van der Waals surface area contributed by atoms with E-state index in [4.69, 9.17) is 5.73 Å². The molecule has 3 atom stereocenters. The van der Waals surface area contributed by atoms with E-state index in [-0.39, 0.29) is 17.8 Å². The van der Waals surface area contributed by atoms with E-state index in [0.29, 0.717) is 11.8 Å². The normalized spacial score (nSPS) is 27.6. The molecule has 5 heteroatoms. The van der Waals surface area contributed by atoms with Gasteiger partial charge < -0.3 is 10.6 Å². The third-order valence-corrected chi connectivity index (χ3v) is 6.55. The average Bonchev–Trinajstić information content (AvgIpc) is 3.15. The van der Waals surface area contributed by atoms with Crippen molar-refractivity contribution >= 4 is 27.3 Å². The van der Waals surface area contributed by atoms with Gasteiger partial charge in [-0.1, -0.05) is 0 Å². The van der Waals surface area contributed by atoms with E-state index in [1.54, 1.807) is 6.07 Å². The maximum Gasteiger partial charge on any atom is 0.264 e.